The molecule has 0 amide bonds. The quantitative estimate of drug-likeness (QED) is 0.123. The molecule has 47 heavy (non-hydrogen) atoms. The van der Waals surface area contributed by atoms with E-state index < -0.39 is 30.7 Å². The third kappa shape index (κ3) is 10.3. The van der Waals surface area contributed by atoms with Crippen molar-refractivity contribution >= 4 is 0 Å². The maximum Gasteiger partial charge on any atom is 0.186 e. The molecule has 248 valence electrons. The summed E-state index contributed by atoms with van der Waals surface area (Å²) in [4.78, 5) is 0. The number of benzene rings is 4. The lowest BCUT2D eigenvalue weighted by molar-refractivity contribution is -0.330. The van der Waals surface area contributed by atoms with Gasteiger partial charge >= 0.3 is 0 Å². The van der Waals surface area contributed by atoms with Gasteiger partial charge in [0.25, 0.3) is 0 Å². The second-order valence-corrected chi connectivity index (χ2v) is 12.7. The molecular formula is C41H48O6. The fourth-order valence-electron chi connectivity index (χ4n) is 6.47. The van der Waals surface area contributed by atoms with Gasteiger partial charge in [0.2, 0.25) is 0 Å². The molecule has 1 aliphatic carbocycles. The van der Waals surface area contributed by atoms with Gasteiger partial charge in [0.1, 0.15) is 24.4 Å². The van der Waals surface area contributed by atoms with Crippen molar-refractivity contribution in [3.8, 4) is 0 Å². The van der Waals surface area contributed by atoms with Crippen LogP contribution in [0.1, 0.15) is 54.4 Å². The van der Waals surface area contributed by atoms with Gasteiger partial charge in [-0.1, -0.05) is 141 Å². The first kappa shape index (κ1) is 33.5. The lowest BCUT2D eigenvalue weighted by Crippen LogP contribution is -2.62. The van der Waals surface area contributed by atoms with Gasteiger partial charge in [0.15, 0.2) is 6.29 Å². The summed E-state index contributed by atoms with van der Waals surface area (Å²) in [6.45, 7) is 2.67. The summed E-state index contributed by atoms with van der Waals surface area (Å²) in [6.07, 6.45) is 3.64. The predicted molar refractivity (Wildman–Crippen MR) is 182 cm³/mol. The van der Waals surface area contributed by atoms with E-state index in [1.807, 2.05) is 72.8 Å². The van der Waals surface area contributed by atoms with Gasteiger partial charge in [-0.2, -0.15) is 0 Å². The molecule has 0 unspecified atom stereocenters. The fourth-order valence-corrected chi connectivity index (χ4v) is 6.47. The third-order valence-corrected chi connectivity index (χ3v) is 9.06. The van der Waals surface area contributed by atoms with Crippen molar-refractivity contribution < 1.29 is 28.4 Å². The highest BCUT2D eigenvalue weighted by atomic mass is 16.7. The van der Waals surface area contributed by atoms with Crippen molar-refractivity contribution in [2.75, 3.05) is 13.2 Å². The summed E-state index contributed by atoms with van der Waals surface area (Å²) in [5.41, 5.74) is 4.35. The first-order valence-corrected chi connectivity index (χ1v) is 17.2. The maximum atomic E-state index is 6.82. The monoisotopic (exact) mass is 636 g/mol. The molecule has 2 aliphatic rings. The average Bonchev–Trinajstić information content (AvgIpc) is 3.14. The highest BCUT2D eigenvalue weighted by Crippen LogP contribution is 2.33. The zero-order valence-electron chi connectivity index (χ0n) is 27.2. The van der Waals surface area contributed by atoms with Crippen molar-refractivity contribution in [2.45, 2.75) is 89.2 Å². The van der Waals surface area contributed by atoms with Gasteiger partial charge in [-0.3, -0.25) is 0 Å². The molecule has 0 aromatic heterocycles. The molecule has 0 bridgehead atoms. The molecule has 4 aromatic carbocycles. The number of rotatable bonds is 16. The molecule has 6 rings (SSSR count). The maximum absolute atomic E-state index is 6.82. The highest BCUT2D eigenvalue weighted by Gasteiger charge is 2.49. The molecule has 2 fully saturated rings. The predicted octanol–water partition coefficient (Wildman–Crippen LogP) is 8.28. The summed E-state index contributed by atoms with van der Waals surface area (Å²) >= 11 is 0. The molecule has 4 aromatic rings. The van der Waals surface area contributed by atoms with Crippen molar-refractivity contribution in [3.05, 3.63) is 144 Å². The SMILES string of the molecule is c1ccc(COC[C@H]2O[C@@H](OCC3CCCCC3)[C@H](OCc3ccccc3)[C@@H](OCc3ccccc3)[C@@H]2OCc2ccccc2)cc1. The lowest BCUT2D eigenvalue weighted by Gasteiger charge is -2.46. The molecule has 6 heteroatoms. The topological polar surface area (TPSA) is 55.4 Å². The van der Waals surface area contributed by atoms with Gasteiger partial charge in [0.05, 0.1) is 39.6 Å². The number of hydrogen-bond acceptors (Lipinski definition) is 6. The van der Waals surface area contributed by atoms with E-state index >= 15 is 0 Å². The minimum absolute atomic E-state index is 0.328. The van der Waals surface area contributed by atoms with Crippen LogP contribution in [0, 0.1) is 5.92 Å². The van der Waals surface area contributed by atoms with Crippen LogP contribution in [-0.4, -0.2) is 43.9 Å². The van der Waals surface area contributed by atoms with Crippen LogP contribution in [0.25, 0.3) is 0 Å². The number of ether oxygens (including phenoxy) is 6. The zero-order chi connectivity index (χ0) is 31.9. The first-order valence-electron chi connectivity index (χ1n) is 17.2. The molecule has 0 radical (unpaired) electrons. The molecule has 0 N–H and O–H groups in total. The van der Waals surface area contributed by atoms with Gasteiger partial charge in [-0.25, -0.2) is 0 Å². The second kappa shape index (κ2) is 18.3. The average molecular weight is 637 g/mol. The van der Waals surface area contributed by atoms with Crippen LogP contribution in [0.4, 0.5) is 0 Å². The van der Waals surface area contributed by atoms with E-state index in [1.165, 1.54) is 32.1 Å². The van der Waals surface area contributed by atoms with Crippen LogP contribution in [-0.2, 0) is 54.8 Å². The van der Waals surface area contributed by atoms with Crippen LogP contribution in [0.15, 0.2) is 121 Å². The molecule has 1 saturated heterocycles. The minimum atomic E-state index is -0.636. The Morgan fingerprint density at radius 1 is 0.447 bits per heavy atom. The normalized spacial score (nSPS) is 23.4. The fraction of sp³-hybridized carbons (Fsp3) is 0.415. The van der Waals surface area contributed by atoms with Crippen molar-refractivity contribution in [1.82, 2.24) is 0 Å². The van der Waals surface area contributed by atoms with E-state index in [1.54, 1.807) is 0 Å². The Hall–Kier alpha value is -3.36. The van der Waals surface area contributed by atoms with Crippen molar-refractivity contribution in [3.63, 3.8) is 0 Å². The molecular weight excluding hydrogens is 588 g/mol. The third-order valence-electron chi connectivity index (χ3n) is 9.06. The van der Waals surface area contributed by atoms with Crippen LogP contribution in [0.5, 0.6) is 0 Å². The summed E-state index contributed by atoms with van der Waals surface area (Å²) in [5, 5.41) is 0. The van der Waals surface area contributed by atoms with Crippen LogP contribution in [0.2, 0.25) is 0 Å². The van der Waals surface area contributed by atoms with E-state index in [0.29, 0.717) is 45.6 Å². The Morgan fingerprint density at radius 3 is 1.40 bits per heavy atom. The van der Waals surface area contributed by atoms with Crippen LogP contribution >= 0.6 is 0 Å². The Bertz CT molecular complexity index is 1400. The van der Waals surface area contributed by atoms with E-state index in [2.05, 4.69) is 48.5 Å². The Labute approximate surface area is 279 Å². The van der Waals surface area contributed by atoms with E-state index in [9.17, 15) is 0 Å². The standard InChI is InChI=1S/C41H48O6/c1-6-16-32(17-7-1)26-42-31-37-38(43-27-33-18-8-2-9-19-33)39(44-28-34-20-10-3-11-21-34)40(45-29-35-22-12-4-13-23-35)41(47-37)46-30-36-24-14-5-15-25-36/h1-4,6-13,16-23,36-41H,5,14-15,24-31H2/t37-,38-,39+,40-,41-/m1/s1. The van der Waals surface area contributed by atoms with Gasteiger partial charge in [-0.15, -0.1) is 0 Å². The summed E-state index contributed by atoms with van der Waals surface area (Å²) < 4.78 is 40.1. The zero-order valence-corrected chi connectivity index (χ0v) is 27.2. The van der Waals surface area contributed by atoms with Crippen molar-refractivity contribution in [1.29, 1.82) is 0 Å². The smallest absolute Gasteiger partial charge is 0.186 e. The molecule has 1 heterocycles. The van der Waals surface area contributed by atoms with Crippen LogP contribution in [0.3, 0.4) is 0 Å². The highest BCUT2D eigenvalue weighted by molar-refractivity contribution is 5.16. The van der Waals surface area contributed by atoms with Crippen molar-refractivity contribution in [2.24, 2.45) is 5.92 Å². The van der Waals surface area contributed by atoms with E-state index in [4.69, 9.17) is 28.4 Å². The second-order valence-electron chi connectivity index (χ2n) is 12.7. The first-order chi connectivity index (χ1) is 23.3. The summed E-state index contributed by atoms with van der Waals surface area (Å²) in [5.74, 6) is 0.519. The molecule has 0 spiro atoms. The number of hydrogen-bond donors (Lipinski definition) is 0. The largest absolute Gasteiger partial charge is 0.374 e. The molecule has 6 nitrogen and oxygen atoms in total. The van der Waals surface area contributed by atoms with Gasteiger partial charge in [-0.05, 0) is 41.0 Å². The molecule has 1 aliphatic heterocycles. The van der Waals surface area contributed by atoms with Gasteiger partial charge < -0.3 is 28.4 Å². The van der Waals surface area contributed by atoms with Gasteiger partial charge in [0, 0.05) is 0 Å². The summed E-state index contributed by atoms with van der Waals surface area (Å²) in [7, 11) is 0. The van der Waals surface area contributed by atoms with E-state index in [-0.39, 0.29) is 0 Å². The molecule has 5 atom stereocenters. The van der Waals surface area contributed by atoms with Crippen LogP contribution < -0.4 is 0 Å². The minimum Gasteiger partial charge on any atom is -0.374 e. The Balaban J connectivity index is 1.27. The summed E-state index contributed by atoms with van der Waals surface area (Å²) in [6, 6.07) is 40.9. The van der Waals surface area contributed by atoms with E-state index in [0.717, 1.165) is 22.3 Å². The Kier molecular flexibility index (Phi) is 13.0. The Morgan fingerprint density at radius 2 is 0.894 bits per heavy atom. The molecule has 1 saturated carbocycles. The lowest BCUT2D eigenvalue weighted by atomic mass is 9.90.